The van der Waals surface area contributed by atoms with Crippen LogP contribution < -0.4 is 38.4 Å². The number of nitrogens with zero attached hydrogens (tertiary/aromatic N) is 20. The van der Waals surface area contributed by atoms with Gasteiger partial charge in [0.1, 0.15) is 33.2 Å². The first-order valence-electron chi connectivity index (χ1n) is 40.6. The van der Waals surface area contributed by atoms with Crippen LogP contribution in [-0.2, 0) is 64.6 Å². The number of nitriles is 3. The molecule has 35 heteroatoms. The molecule has 3 aromatic carbocycles. The highest BCUT2D eigenvalue weighted by atomic mass is 32.2. The molecule has 0 fully saturated rings. The van der Waals surface area contributed by atoms with Gasteiger partial charge >= 0.3 is 12.2 Å². The highest BCUT2D eigenvalue weighted by Gasteiger charge is 2.34. The molecule has 0 saturated heterocycles. The lowest BCUT2D eigenvalue weighted by Gasteiger charge is -2.31. The van der Waals surface area contributed by atoms with Crippen molar-refractivity contribution in [1.29, 1.82) is 15.8 Å². The van der Waals surface area contributed by atoms with Gasteiger partial charge in [0, 0.05) is 86.5 Å². The van der Waals surface area contributed by atoms with E-state index in [-0.39, 0.29) is 92.7 Å². The van der Waals surface area contributed by atoms with Gasteiger partial charge in [0.25, 0.3) is 16.7 Å². The predicted octanol–water partition coefficient (Wildman–Crippen LogP) is 15.2. The molecule has 12 heterocycles. The maximum absolute atomic E-state index is 15.3. The first-order chi connectivity index (χ1) is 58.4. The summed E-state index contributed by atoms with van der Waals surface area (Å²) in [5, 5.41) is 39.6. The van der Waals surface area contributed by atoms with Crippen LogP contribution in [0.1, 0.15) is 193 Å². The Bertz CT molecular complexity index is 6460. The number of ether oxygens (including phenoxy) is 2. The molecule has 9 aromatic heterocycles. The Balaban J connectivity index is 0.000000157. The zero-order valence-corrected chi connectivity index (χ0v) is 73.7. The van der Waals surface area contributed by atoms with Gasteiger partial charge < -0.3 is 41.0 Å². The Kier molecular flexibility index (Phi) is 25.8. The molecule has 0 spiro atoms. The van der Waals surface area contributed by atoms with Crippen molar-refractivity contribution < 1.29 is 32.2 Å². The first-order valence-corrected chi connectivity index (χ1v) is 41.8. The molecule has 2 amide bonds. The predicted molar refractivity (Wildman–Crippen MR) is 468 cm³/mol. The summed E-state index contributed by atoms with van der Waals surface area (Å²) < 4.78 is 64.4. The number of carbonyl (C=O) groups is 2. The molecule has 12 aromatic rings. The van der Waals surface area contributed by atoms with E-state index in [9.17, 15) is 44.1 Å². The number of thioether (sulfide) groups is 1. The fraction of sp³-hybridized carbons (Fsp3) is 0.404. The number of nitrogens with one attached hydrogen (secondary N) is 3. The summed E-state index contributed by atoms with van der Waals surface area (Å²) in [6.45, 7) is 36.1. The Morgan fingerprint density at radius 1 is 0.492 bits per heavy atom. The van der Waals surface area contributed by atoms with Gasteiger partial charge in [-0.25, -0.2) is 85.7 Å². The number of pyridine rings is 3. The van der Waals surface area contributed by atoms with E-state index >= 15 is 8.78 Å². The van der Waals surface area contributed by atoms with Crippen molar-refractivity contribution in [3.63, 3.8) is 0 Å². The van der Waals surface area contributed by atoms with Crippen molar-refractivity contribution in [2.75, 3.05) is 42.3 Å². The molecule has 31 nitrogen and oxygen atoms in total. The van der Waals surface area contributed by atoms with Gasteiger partial charge in [0.05, 0.1) is 51.5 Å². The summed E-state index contributed by atoms with van der Waals surface area (Å²) in [5.41, 5.74) is 11.5. The Labute approximate surface area is 719 Å². The van der Waals surface area contributed by atoms with E-state index < -0.39 is 50.5 Å². The third-order valence-electron chi connectivity index (χ3n) is 20.7. The molecule has 646 valence electrons. The smallest absolute Gasteiger partial charge is 0.410 e. The number of hydrogen-bond donors (Lipinski definition) is 4. The second-order valence-corrected chi connectivity index (χ2v) is 35.6. The largest absolute Gasteiger partial charge is 0.444 e. The number of anilines is 5. The molecule has 3 aliphatic heterocycles. The third-order valence-corrected chi connectivity index (χ3v) is 21.2. The van der Waals surface area contributed by atoms with Crippen LogP contribution in [-0.4, -0.2) is 132 Å². The molecule has 5 N–H and O–H groups in total. The molecule has 0 bridgehead atoms. The van der Waals surface area contributed by atoms with E-state index in [0.717, 1.165) is 54.0 Å². The standard InChI is InChI=1S/C31H35FN8O3.C26H27FN8O.C18H19FN6OS.C14H20N2O2/c1-18(2)39-27(41)22-15-34-28(37-25(22)40(39)26-23(32)10-11-24(36-26)31(6,7)17-33)35-21-9-8-19-12-13-38(16-20(19)14-21)29(42)43-30(3,4)5;1-15(2)34-24(36)19-13-30-25(31-18-6-5-16-9-10-29-12-17(16)11-18)33-22(19)35(34)23-20(27)7-8-21(32-23)26(3,4)14-28;1-10(2)24-16(26)11-8-21-17(27-5)23-15(11)25(24)13-7-6-12(19)14(22-13)18(3,4)9-20;1-14(2,3)18-13(17)16-7-6-10-4-5-12(15)8-11(10)9-16/h8-11,14-15,18H,12-13,16H2,1-7H3,(H,34,35,37);5-8,11,13,15,29H,9-10,12H2,1-4H3,(H,30,31,33);6-8,10H,1-5H3;4-5,8H,6-7,9,15H2,1-3H3. The summed E-state index contributed by atoms with van der Waals surface area (Å²) in [5.74, 6) is -1.31. The number of benzene rings is 3. The van der Waals surface area contributed by atoms with Crippen molar-refractivity contribution in [1.82, 2.24) is 88.1 Å². The first kappa shape index (κ1) is 89.9. The van der Waals surface area contributed by atoms with Crippen LogP contribution in [0, 0.1) is 51.4 Å². The minimum absolute atomic E-state index is 0.0197. The van der Waals surface area contributed by atoms with Gasteiger partial charge in [-0.05, 0) is 263 Å². The van der Waals surface area contributed by atoms with Crippen LogP contribution in [0.5, 0.6) is 0 Å². The van der Waals surface area contributed by atoms with Crippen molar-refractivity contribution in [2.45, 2.75) is 214 Å². The Hall–Kier alpha value is -13.3. The number of fused-ring (bicyclic) bond motifs is 6. The molecule has 124 heavy (non-hydrogen) atoms. The zero-order chi connectivity index (χ0) is 90.1. The number of rotatable bonds is 14. The molecule has 0 radical (unpaired) electrons. The van der Waals surface area contributed by atoms with Gasteiger partial charge in [-0.3, -0.25) is 14.4 Å². The monoisotopic (exact) mass is 1710 g/mol. The number of nitrogen functional groups attached to an aromatic ring is 1. The number of nitrogens with two attached hydrogens (primary N) is 1. The lowest BCUT2D eigenvalue weighted by Crippen LogP contribution is -2.39. The molecule has 0 aliphatic carbocycles. The van der Waals surface area contributed by atoms with Crippen molar-refractivity contribution in [3.8, 4) is 35.7 Å². The second-order valence-electron chi connectivity index (χ2n) is 34.8. The normalized spacial score (nSPS) is 13.5. The number of amides is 2. The molecular formula is C89H101F3N24O7S. The molecule has 15 rings (SSSR count). The Morgan fingerprint density at radius 3 is 1.35 bits per heavy atom. The van der Waals surface area contributed by atoms with E-state index in [0.29, 0.717) is 71.7 Å². The van der Waals surface area contributed by atoms with Crippen molar-refractivity contribution >= 4 is 86.0 Å². The summed E-state index contributed by atoms with van der Waals surface area (Å²) >= 11 is 1.35. The minimum atomic E-state index is -1.12. The van der Waals surface area contributed by atoms with Crippen LogP contribution in [0.2, 0.25) is 0 Å². The van der Waals surface area contributed by atoms with Gasteiger partial charge in [0.15, 0.2) is 51.2 Å². The average Bonchev–Trinajstić information content (AvgIpc) is 1.60. The van der Waals surface area contributed by atoms with Crippen LogP contribution >= 0.6 is 11.8 Å². The molecule has 0 unspecified atom stereocenters. The fourth-order valence-electron chi connectivity index (χ4n) is 14.2. The lowest BCUT2D eigenvalue weighted by molar-refractivity contribution is 0.0214. The van der Waals surface area contributed by atoms with E-state index in [1.165, 1.54) is 107 Å². The third kappa shape index (κ3) is 19.3. The van der Waals surface area contributed by atoms with E-state index in [2.05, 4.69) is 91.1 Å². The molecule has 0 atom stereocenters. The summed E-state index contributed by atoms with van der Waals surface area (Å²) in [6.07, 6.45) is 8.11. The topological polar surface area (TPSA) is 389 Å². The van der Waals surface area contributed by atoms with Crippen LogP contribution in [0.25, 0.3) is 50.6 Å². The van der Waals surface area contributed by atoms with E-state index in [1.807, 2.05) is 118 Å². The van der Waals surface area contributed by atoms with Crippen LogP contribution in [0.4, 0.5) is 51.7 Å². The summed E-state index contributed by atoms with van der Waals surface area (Å²) in [4.78, 5) is 108. The number of aromatic nitrogens is 15. The van der Waals surface area contributed by atoms with Gasteiger partial charge in [-0.1, -0.05) is 30.0 Å². The Morgan fingerprint density at radius 2 is 0.903 bits per heavy atom. The SMILES string of the molecule is CC(C)(C)OC(=O)N1CCc2ccc(N)cc2C1.CC(C)n1c(=O)c2cnc(Nc3ccc4c(c3)CN(C(=O)OC(C)(C)C)CC4)nc2n1-c1nc(C(C)(C)C#N)ccc1F.CC(C)n1c(=O)c2cnc(Nc3ccc4c(c3)CNCC4)nc2n1-c1nc(C(C)(C)C#N)ccc1F.CSc1ncc2c(=O)n(C(C)C)n(-c3ccc(F)c(C(C)(C)C#N)n3)c2n1. The number of halogens is 3. The summed E-state index contributed by atoms with van der Waals surface area (Å²) in [7, 11) is 0. The van der Waals surface area contributed by atoms with Gasteiger partial charge in [-0.2, -0.15) is 25.8 Å². The van der Waals surface area contributed by atoms with E-state index in [4.69, 9.17) is 15.2 Å². The van der Waals surface area contributed by atoms with Crippen LogP contribution in [0.15, 0.2) is 129 Å². The fourth-order valence-corrected chi connectivity index (χ4v) is 14.6. The van der Waals surface area contributed by atoms with E-state index in [1.54, 1.807) is 69.9 Å². The highest BCUT2D eigenvalue weighted by Crippen LogP contribution is 2.34. The zero-order valence-electron chi connectivity index (χ0n) is 72.9. The summed E-state index contributed by atoms with van der Waals surface area (Å²) in [6, 6.07) is 31.6. The molecular weight excluding hydrogens is 1610 g/mol. The van der Waals surface area contributed by atoms with Gasteiger partial charge in [0.2, 0.25) is 11.9 Å². The molecule has 0 saturated carbocycles. The van der Waals surface area contributed by atoms with Gasteiger partial charge in [-0.15, -0.1) is 0 Å². The van der Waals surface area contributed by atoms with Crippen molar-refractivity contribution in [2.24, 2.45) is 0 Å². The van der Waals surface area contributed by atoms with Crippen LogP contribution in [0.3, 0.4) is 0 Å². The lowest BCUT2D eigenvalue weighted by atomic mass is 9.90. The van der Waals surface area contributed by atoms with Crippen molar-refractivity contribution in [3.05, 3.63) is 209 Å². The quantitative estimate of drug-likeness (QED) is 0.0446. The molecule has 3 aliphatic rings. The highest BCUT2D eigenvalue weighted by molar-refractivity contribution is 7.98. The number of carbonyl (C=O) groups excluding carboxylic acids is 2. The maximum atomic E-state index is 15.3. The second kappa shape index (κ2) is 35.6. The average molecular weight is 1710 g/mol. The minimum Gasteiger partial charge on any atom is -0.444 e. The number of hydrogen-bond acceptors (Lipinski definition) is 24. The maximum Gasteiger partial charge on any atom is 0.410 e.